The van der Waals surface area contributed by atoms with Gasteiger partial charge in [0.25, 0.3) is 0 Å². The van der Waals surface area contributed by atoms with Crippen LogP contribution in [-0.4, -0.2) is 26.2 Å². The van der Waals surface area contributed by atoms with Gasteiger partial charge in [0.15, 0.2) is 5.78 Å². The van der Waals surface area contributed by atoms with Gasteiger partial charge in [-0.15, -0.1) is 0 Å². The van der Waals surface area contributed by atoms with Gasteiger partial charge in [0.05, 0.1) is 0 Å². The zero-order valence-corrected chi connectivity index (χ0v) is 11.7. The number of halogens is 2. The number of rotatable bonds is 6. The number of ketones is 1. The Bertz CT molecular complexity index is 510. The monoisotopic (exact) mass is 292 g/mol. The second-order valence-corrected chi connectivity index (χ2v) is 6.26. The van der Waals surface area contributed by atoms with Crippen molar-refractivity contribution in [1.29, 1.82) is 0 Å². The highest BCUT2D eigenvalue weighted by Crippen LogP contribution is 2.47. The average Bonchev–Trinajstić information content (AvgIpc) is 2.37. The number of hydrogen-bond donors (Lipinski definition) is 0. The maximum atomic E-state index is 13.5. The molecule has 106 valence electrons. The molecule has 0 radical (unpaired) electrons. The molecule has 4 nitrogen and oxygen atoms in total. The molecule has 0 fully saturated rings. The van der Waals surface area contributed by atoms with Crippen molar-refractivity contribution in [3.8, 4) is 0 Å². The van der Waals surface area contributed by atoms with Gasteiger partial charge in [-0.25, -0.2) is 8.78 Å². The summed E-state index contributed by atoms with van der Waals surface area (Å²) in [6, 6.07) is 2.96. The maximum Gasteiger partial charge on any atom is 0.337 e. The van der Waals surface area contributed by atoms with Gasteiger partial charge < -0.3 is 9.05 Å². The third-order valence-corrected chi connectivity index (χ3v) is 4.63. The fourth-order valence-electron chi connectivity index (χ4n) is 1.56. The SMILES string of the molecule is COP(=O)(CC(=O)[C@H](C)c1ccc(F)cc1F)OC. The largest absolute Gasteiger partial charge is 0.337 e. The molecule has 0 saturated carbocycles. The second-order valence-electron chi connectivity index (χ2n) is 3.99. The summed E-state index contributed by atoms with van der Waals surface area (Å²) in [5.41, 5.74) is 0.0464. The van der Waals surface area contributed by atoms with Crippen LogP contribution in [0.5, 0.6) is 0 Å². The summed E-state index contributed by atoms with van der Waals surface area (Å²) in [7, 11) is -1.15. The van der Waals surface area contributed by atoms with Gasteiger partial charge in [-0.05, 0) is 11.6 Å². The molecule has 0 saturated heterocycles. The molecule has 7 heteroatoms. The third kappa shape index (κ3) is 3.93. The van der Waals surface area contributed by atoms with E-state index >= 15 is 0 Å². The standard InChI is InChI=1S/C12H15F2O4P/c1-8(10-5-4-9(13)6-11(10)14)12(15)7-19(16,17-2)18-3/h4-6,8H,7H2,1-3H3/t8-/m1/s1. The molecule has 0 aliphatic heterocycles. The van der Waals surface area contributed by atoms with Gasteiger partial charge in [-0.3, -0.25) is 9.36 Å². The molecule has 1 aromatic rings. The van der Waals surface area contributed by atoms with Gasteiger partial charge in [0.2, 0.25) is 0 Å². The first kappa shape index (κ1) is 16.0. The molecule has 0 aliphatic carbocycles. The summed E-state index contributed by atoms with van der Waals surface area (Å²) in [6.45, 7) is 1.45. The topological polar surface area (TPSA) is 52.6 Å². The minimum atomic E-state index is -3.48. The Labute approximate surface area is 110 Å². The molecule has 0 unspecified atom stereocenters. The predicted molar refractivity (Wildman–Crippen MR) is 66.3 cm³/mol. The number of carbonyl (C=O) groups is 1. The number of hydrogen-bond acceptors (Lipinski definition) is 4. The van der Waals surface area contributed by atoms with Crippen molar-refractivity contribution in [2.45, 2.75) is 12.8 Å². The van der Waals surface area contributed by atoms with E-state index in [9.17, 15) is 18.1 Å². The average molecular weight is 292 g/mol. The fraction of sp³-hybridized carbons (Fsp3) is 0.417. The van der Waals surface area contributed by atoms with Crippen molar-refractivity contribution in [2.75, 3.05) is 20.4 Å². The van der Waals surface area contributed by atoms with Crippen LogP contribution in [0.2, 0.25) is 0 Å². The summed E-state index contributed by atoms with van der Waals surface area (Å²) in [4.78, 5) is 11.9. The number of carbonyl (C=O) groups excluding carboxylic acids is 1. The van der Waals surface area contributed by atoms with Crippen LogP contribution in [0.4, 0.5) is 8.78 Å². The van der Waals surface area contributed by atoms with Gasteiger partial charge in [-0.2, -0.15) is 0 Å². The molecule has 1 aromatic carbocycles. The lowest BCUT2D eigenvalue weighted by Crippen LogP contribution is -2.16. The van der Waals surface area contributed by atoms with E-state index in [2.05, 4.69) is 9.05 Å². The van der Waals surface area contributed by atoms with E-state index in [1.54, 1.807) is 0 Å². The summed E-state index contributed by atoms with van der Waals surface area (Å²) in [5.74, 6) is -2.90. The van der Waals surface area contributed by atoms with Crippen molar-refractivity contribution in [3.63, 3.8) is 0 Å². The van der Waals surface area contributed by atoms with E-state index in [0.29, 0.717) is 6.07 Å². The molecule has 0 spiro atoms. The van der Waals surface area contributed by atoms with Crippen molar-refractivity contribution in [2.24, 2.45) is 0 Å². The normalized spacial score (nSPS) is 13.3. The van der Waals surface area contributed by atoms with Crippen LogP contribution in [0.25, 0.3) is 0 Å². The highest BCUT2D eigenvalue weighted by Gasteiger charge is 2.29. The molecule has 0 amide bonds. The molecule has 0 N–H and O–H groups in total. The van der Waals surface area contributed by atoms with Crippen LogP contribution in [0.3, 0.4) is 0 Å². The van der Waals surface area contributed by atoms with Gasteiger partial charge >= 0.3 is 7.60 Å². The zero-order chi connectivity index (χ0) is 14.6. The lowest BCUT2D eigenvalue weighted by molar-refractivity contribution is -0.118. The molecular formula is C12H15F2O4P. The van der Waals surface area contributed by atoms with Crippen LogP contribution in [0.1, 0.15) is 18.4 Å². The molecule has 0 aliphatic rings. The minimum absolute atomic E-state index is 0.0464. The Kier molecular flexibility index (Phi) is 5.35. The van der Waals surface area contributed by atoms with E-state index in [1.807, 2.05) is 0 Å². The van der Waals surface area contributed by atoms with E-state index in [4.69, 9.17) is 0 Å². The van der Waals surface area contributed by atoms with Gasteiger partial charge in [0, 0.05) is 26.2 Å². The first-order valence-corrected chi connectivity index (χ1v) is 7.24. The molecule has 1 rings (SSSR count). The molecule has 0 heterocycles. The van der Waals surface area contributed by atoms with E-state index in [-0.39, 0.29) is 5.56 Å². The van der Waals surface area contributed by atoms with Crippen molar-refractivity contribution in [1.82, 2.24) is 0 Å². The first-order chi connectivity index (χ1) is 8.83. The third-order valence-electron chi connectivity index (χ3n) is 2.82. The Morgan fingerprint density at radius 1 is 1.32 bits per heavy atom. The predicted octanol–water partition coefficient (Wildman–Crippen LogP) is 3.12. The molecule has 1 atom stereocenters. The highest BCUT2D eigenvalue weighted by atomic mass is 31.2. The van der Waals surface area contributed by atoms with Gasteiger partial charge in [-0.1, -0.05) is 13.0 Å². The summed E-state index contributed by atoms with van der Waals surface area (Å²) in [6.07, 6.45) is -0.460. The number of Topliss-reactive ketones (excluding diaryl/α,β-unsaturated/α-hetero) is 1. The Morgan fingerprint density at radius 2 is 1.89 bits per heavy atom. The van der Waals surface area contributed by atoms with Gasteiger partial charge in [0.1, 0.15) is 17.8 Å². The van der Waals surface area contributed by atoms with Crippen LogP contribution in [0.15, 0.2) is 18.2 Å². The summed E-state index contributed by atoms with van der Waals surface area (Å²) >= 11 is 0. The summed E-state index contributed by atoms with van der Waals surface area (Å²) < 4.78 is 47.4. The van der Waals surface area contributed by atoms with Crippen molar-refractivity contribution < 1.29 is 27.2 Å². The van der Waals surface area contributed by atoms with Crippen LogP contribution >= 0.6 is 7.60 Å². The Morgan fingerprint density at radius 3 is 2.37 bits per heavy atom. The van der Waals surface area contributed by atoms with Crippen LogP contribution in [0, 0.1) is 11.6 Å². The van der Waals surface area contributed by atoms with Crippen LogP contribution in [-0.2, 0) is 18.4 Å². The fourth-order valence-corrected chi connectivity index (χ4v) is 2.62. The lowest BCUT2D eigenvalue weighted by Gasteiger charge is -2.16. The second kappa shape index (κ2) is 6.37. The first-order valence-electron chi connectivity index (χ1n) is 5.51. The maximum absolute atomic E-state index is 13.5. The number of benzene rings is 1. The van der Waals surface area contributed by atoms with Crippen LogP contribution < -0.4 is 0 Å². The molecule has 0 bridgehead atoms. The Hall–Kier alpha value is -1.10. The van der Waals surface area contributed by atoms with E-state index in [1.165, 1.54) is 27.2 Å². The molecular weight excluding hydrogens is 277 g/mol. The van der Waals surface area contributed by atoms with Crippen molar-refractivity contribution in [3.05, 3.63) is 35.4 Å². The molecule has 19 heavy (non-hydrogen) atoms. The smallest absolute Gasteiger partial charge is 0.312 e. The minimum Gasteiger partial charge on any atom is -0.312 e. The highest BCUT2D eigenvalue weighted by molar-refractivity contribution is 7.54. The Balaban J connectivity index is 2.91. The molecule has 0 aromatic heterocycles. The lowest BCUT2D eigenvalue weighted by atomic mass is 9.97. The van der Waals surface area contributed by atoms with Crippen molar-refractivity contribution >= 4 is 13.4 Å². The zero-order valence-electron chi connectivity index (χ0n) is 10.9. The van der Waals surface area contributed by atoms with E-state index < -0.39 is 37.1 Å². The quantitative estimate of drug-likeness (QED) is 0.756. The van der Waals surface area contributed by atoms with E-state index in [0.717, 1.165) is 6.07 Å². The summed E-state index contributed by atoms with van der Waals surface area (Å²) in [5, 5.41) is 0.